The Morgan fingerprint density at radius 2 is 1.85 bits per heavy atom. The molecular formula is C17H26N2O. The van der Waals surface area contributed by atoms with E-state index in [9.17, 15) is 5.11 Å². The van der Waals surface area contributed by atoms with Crippen LogP contribution in [0.25, 0.3) is 0 Å². The van der Waals surface area contributed by atoms with Gasteiger partial charge in [-0.3, -0.25) is 9.80 Å². The highest BCUT2D eigenvalue weighted by molar-refractivity contribution is 5.26. The highest BCUT2D eigenvalue weighted by Crippen LogP contribution is 2.29. The van der Waals surface area contributed by atoms with Crippen molar-refractivity contribution in [2.45, 2.75) is 50.7 Å². The fourth-order valence-electron chi connectivity index (χ4n) is 3.84. The summed E-state index contributed by atoms with van der Waals surface area (Å²) < 4.78 is 0. The predicted molar refractivity (Wildman–Crippen MR) is 82.0 cm³/mol. The van der Waals surface area contributed by atoms with Crippen molar-refractivity contribution in [1.82, 2.24) is 9.80 Å². The molecule has 1 N–H and O–H groups in total. The Kier molecular flexibility index (Phi) is 3.99. The van der Waals surface area contributed by atoms with Gasteiger partial charge >= 0.3 is 0 Å². The van der Waals surface area contributed by atoms with Gasteiger partial charge in [-0.1, -0.05) is 12.1 Å². The molecule has 3 nitrogen and oxygen atoms in total. The molecule has 2 heterocycles. The van der Waals surface area contributed by atoms with Crippen LogP contribution in [0, 0.1) is 0 Å². The molecule has 1 aromatic rings. The van der Waals surface area contributed by atoms with Crippen LogP contribution in [0.5, 0.6) is 5.75 Å². The van der Waals surface area contributed by atoms with Crippen molar-refractivity contribution >= 4 is 0 Å². The average Bonchev–Trinajstić information content (AvgIpc) is 2.66. The third-order valence-electron chi connectivity index (χ3n) is 5.27. The zero-order valence-electron chi connectivity index (χ0n) is 12.6. The molecule has 0 aromatic heterocycles. The van der Waals surface area contributed by atoms with Crippen LogP contribution in [0.15, 0.2) is 24.3 Å². The number of phenolic OH excluding ortho intramolecular Hbond substituents is 1. The van der Waals surface area contributed by atoms with Gasteiger partial charge in [0.1, 0.15) is 5.75 Å². The fourth-order valence-corrected chi connectivity index (χ4v) is 3.84. The van der Waals surface area contributed by atoms with Crippen LogP contribution in [0.4, 0.5) is 0 Å². The fraction of sp³-hybridized carbons (Fsp3) is 0.647. The predicted octanol–water partition coefficient (Wildman–Crippen LogP) is 2.49. The number of phenols is 1. The first-order chi connectivity index (χ1) is 9.63. The van der Waals surface area contributed by atoms with E-state index in [0.717, 1.165) is 18.5 Å². The summed E-state index contributed by atoms with van der Waals surface area (Å²) >= 11 is 0. The maximum Gasteiger partial charge on any atom is 0.115 e. The highest BCUT2D eigenvalue weighted by atomic mass is 16.3. The number of likely N-dealkylation sites (N-methyl/N-ethyl adjacent to an activating group) is 1. The number of nitrogens with zero attached hydrogens (tertiary/aromatic N) is 2. The van der Waals surface area contributed by atoms with E-state index < -0.39 is 0 Å². The van der Waals surface area contributed by atoms with Gasteiger partial charge in [-0.25, -0.2) is 0 Å². The van der Waals surface area contributed by atoms with Gasteiger partial charge in [0.05, 0.1) is 0 Å². The number of hydrogen-bond donors (Lipinski definition) is 1. The van der Waals surface area contributed by atoms with Crippen LogP contribution in [0.3, 0.4) is 0 Å². The second-order valence-corrected chi connectivity index (χ2v) is 6.55. The van der Waals surface area contributed by atoms with E-state index in [4.69, 9.17) is 0 Å². The van der Waals surface area contributed by atoms with E-state index in [2.05, 4.69) is 23.8 Å². The Morgan fingerprint density at radius 3 is 2.60 bits per heavy atom. The zero-order chi connectivity index (χ0) is 14.1. The Bertz CT molecular complexity index is 445. The summed E-state index contributed by atoms with van der Waals surface area (Å²) in [6, 6.07) is 9.81. The first kappa shape index (κ1) is 13.9. The maximum atomic E-state index is 9.36. The minimum atomic E-state index is 0.357. The number of fused-ring (bicyclic) bond motifs is 2. The van der Waals surface area contributed by atoms with Crippen LogP contribution in [0.2, 0.25) is 0 Å². The van der Waals surface area contributed by atoms with Crippen molar-refractivity contribution in [3.8, 4) is 5.75 Å². The van der Waals surface area contributed by atoms with Gasteiger partial charge in [-0.2, -0.15) is 0 Å². The lowest BCUT2D eigenvalue weighted by Crippen LogP contribution is -2.41. The minimum absolute atomic E-state index is 0.357. The molecule has 0 amide bonds. The van der Waals surface area contributed by atoms with E-state index in [-0.39, 0.29) is 0 Å². The Morgan fingerprint density at radius 1 is 1.15 bits per heavy atom. The summed E-state index contributed by atoms with van der Waals surface area (Å²) in [6.45, 7) is 4.78. The Balaban J connectivity index is 1.62. The third-order valence-corrected chi connectivity index (χ3v) is 5.27. The van der Waals surface area contributed by atoms with Gasteiger partial charge in [0, 0.05) is 24.7 Å². The van der Waals surface area contributed by atoms with Gasteiger partial charge < -0.3 is 5.11 Å². The highest BCUT2D eigenvalue weighted by Gasteiger charge is 2.35. The van der Waals surface area contributed by atoms with E-state index in [1.165, 1.54) is 37.9 Å². The number of rotatable bonds is 3. The van der Waals surface area contributed by atoms with Crippen molar-refractivity contribution in [1.29, 1.82) is 0 Å². The Labute approximate surface area is 122 Å². The molecule has 0 aliphatic carbocycles. The standard InChI is InChI=1S/C17H26N2O/c1-13(11-14-3-7-17(20)8-4-14)19-10-9-15-5-6-16(12-19)18(15)2/h3-4,7-8,13,15-16,20H,5-6,9-12H2,1-2H3. The molecule has 110 valence electrons. The monoisotopic (exact) mass is 274 g/mol. The first-order valence-corrected chi connectivity index (χ1v) is 7.87. The summed E-state index contributed by atoms with van der Waals surface area (Å²) in [5.41, 5.74) is 1.32. The van der Waals surface area contributed by atoms with Crippen LogP contribution in [-0.2, 0) is 6.42 Å². The van der Waals surface area contributed by atoms with Gasteiger partial charge in [0.15, 0.2) is 0 Å². The maximum absolute atomic E-state index is 9.36. The molecule has 3 atom stereocenters. The molecule has 3 unspecified atom stereocenters. The van der Waals surface area contributed by atoms with E-state index in [1.54, 1.807) is 12.1 Å². The molecule has 0 spiro atoms. The molecule has 3 heteroatoms. The van der Waals surface area contributed by atoms with Gasteiger partial charge in [0.25, 0.3) is 0 Å². The van der Waals surface area contributed by atoms with Crippen molar-refractivity contribution in [2.75, 3.05) is 20.1 Å². The summed E-state index contributed by atoms with van der Waals surface area (Å²) in [5.74, 6) is 0.357. The van der Waals surface area contributed by atoms with Gasteiger partial charge in [-0.15, -0.1) is 0 Å². The molecule has 0 saturated carbocycles. The smallest absolute Gasteiger partial charge is 0.115 e. The molecule has 20 heavy (non-hydrogen) atoms. The van der Waals surface area contributed by atoms with Gasteiger partial charge in [0.2, 0.25) is 0 Å². The SMILES string of the molecule is CC(Cc1ccc(O)cc1)N1CCC2CCC(C1)N2C. The normalized spacial score (nSPS) is 29.3. The van der Waals surface area contributed by atoms with Crippen molar-refractivity contribution in [2.24, 2.45) is 0 Å². The second kappa shape index (κ2) is 5.74. The molecule has 2 aliphatic heterocycles. The zero-order valence-corrected chi connectivity index (χ0v) is 12.6. The van der Waals surface area contributed by atoms with Crippen molar-refractivity contribution < 1.29 is 5.11 Å². The minimum Gasteiger partial charge on any atom is -0.508 e. The lowest BCUT2D eigenvalue weighted by molar-refractivity contribution is 0.179. The number of aromatic hydroxyl groups is 1. The van der Waals surface area contributed by atoms with Crippen LogP contribution >= 0.6 is 0 Å². The Hall–Kier alpha value is -1.06. The van der Waals surface area contributed by atoms with Crippen LogP contribution in [-0.4, -0.2) is 53.2 Å². The van der Waals surface area contributed by atoms with E-state index in [1.807, 2.05) is 12.1 Å². The lowest BCUT2D eigenvalue weighted by atomic mass is 10.0. The molecular weight excluding hydrogens is 248 g/mol. The molecule has 3 rings (SSSR count). The molecule has 2 saturated heterocycles. The molecule has 2 bridgehead atoms. The van der Waals surface area contributed by atoms with Crippen molar-refractivity contribution in [3.05, 3.63) is 29.8 Å². The lowest BCUT2D eigenvalue weighted by Gasteiger charge is -2.31. The summed E-state index contributed by atoms with van der Waals surface area (Å²) in [4.78, 5) is 5.26. The summed E-state index contributed by atoms with van der Waals surface area (Å²) in [7, 11) is 2.30. The molecule has 2 aliphatic rings. The second-order valence-electron chi connectivity index (χ2n) is 6.55. The molecule has 2 fully saturated rings. The largest absolute Gasteiger partial charge is 0.508 e. The quantitative estimate of drug-likeness (QED) is 0.917. The van der Waals surface area contributed by atoms with E-state index in [0.29, 0.717) is 11.8 Å². The third kappa shape index (κ3) is 2.84. The van der Waals surface area contributed by atoms with E-state index >= 15 is 0 Å². The van der Waals surface area contributed by atoms with Crippen molar-refractivity contribution in [3.63, 3.8) is 0 Å². The first-order valence-electron chi connectivity index (χ1n) is 7.87. The summed E-state index contributed by atoms with van der Waals surface area (Å²) in [6.07, 6.45) is 5.14. The topological polar surface area (TPSA) is 26.7 Å². The van der Waals surface area contributed by atoms with Crippen LogP contribution in [0.1, 0.15) is 31.7 Å². The average molecular weight is 274 g/mol. The summed E-state index contributed by atoms with van der Waals surface area (Å²) in [5, 5.41) is 9.36. The molecule has 0 radical (unpaired) electrons. The van der Waals surface area contributed by atoms with Gasteiger partial charge in [-0.05, 0) is 63.9 Å². The number of likely N-dealkylation sites (tertiary alicyclic amines) is 1. The number of hydrogen-bond acceptors (Lipinski definition) is 3. The molecule has 1 aromatic carbocycles. The van der Waals surface area contributed by atoms with Crippen LogP contribution < -0.4 is 0 Å². The number of benzene rings is 1.